The molecule has 2 N–H and O–H groups in total. The van der Waals surface area contributed by atoms with E-state index in [1.807, 2.05) is 0 Å². The van der Waals surface area contributed by atoms with Crippen LogP contribution in [0.2, 0.25) is 0 Å². The fourth-order valence-corrected chi connectivity index (χ4v) is 1.41. The third kappa shape index (κ3) is 2.34. The number of hydrogen-bond acceptors (Lipinski definition) is 4. The van der Waals surface area contributed by atoms with Crippen molar-refractivity contribution < 1.29 is 14.7 Å². The molecule has 2 heterocycles. The quantitative estimate of drug-likeness (QED) is 0.833. The third-order valence-corrected chi connectivity index (χ3v) is 2.23. The Morgan fingerprint density at radius 2 is 2.22 bits per heavy atom. The number of anilines is 1. The highest BCUT2D eigenvalue weighted by Gasteiger charge is 2.15. The minimum Gasteiger partial charge on any atom is -0.476 e. The van der Waals surface area contributed by atoms with Gasteiger partial charge in [0.05, 0.1) is 17.4 Å². The summed E-state index contributed by atoms with van der Waals surface area (Å²) in [5, 5.41) is 15.3. The number of amides is 1. The van der Waals surface area contributed by atoms with Gasteiger partial charge in [-0.25, -0.2) is 9.78 Å². The molecule has 18 heavy (non-hydrogen) atoms. The molecule has 0 aliphatic rings. The molecule has 2 aromatic rings. The number of carbonyl (C=O) groups is 2. The predicted molar refractivity (Wildman–Crippen MR) is 62.4 cm³/mol. The smallest absolute Gasteiger partial charge is 0.356 e. The maximum absolute atomic E-state index is 11.8. The van der Waals surface area contributed by atoms with Gasteiger partial charge in [-0.1, -0.05) is 0 Å². The summed E-state index contributed by atoms with van der Waals surface area (Å²) in [5.41, 5.74) is 0.297. The summed E-state index contributed by atoms with van der Waals surface area (Å²) in [4.78, 5) is 26.4. The van der Waals surface area contributed by atoms with Crippen LogP contribution in [-0.4, -0.2) is 31.7 Å². The fraction of sp³-hybridized carbons (Fsp3) is 0.0909. The monoisotopic (exact) mass is 246 g/mol. The van der Waals surface area contributed by atoms with Crippen LogP contribution in [0.5, 0.6) is 0 Å². The van der Waals surface area contributed by atoms with E-state index in [9.17, 15) is 9.59 Å². The number of carbonyl (C=O) groups excluding carboxylic acids is 1. The summed E-state index contributed by atoms with van der Waals surface area (Å²) in [5.74, 6) is -1.63. The molecule has 7 heteroatoms. The molecule has 0 aliphatic heterocycles. The first-order valence-electron chi connectivity index (χ1n) is 5.06. The number of aromatic carboxylic acids is 1. The molecule has 92 valence electrons. The van der Waals surface area contributed by atoms with Crippen molar-refractivity contribution in [3.63, 3.8) is 0 Å². The molecule has 0 radical (unpaired) electrons. The Bertz CT molecular complexity index is 606. The summed E-state index contributed by atoms with van der Waals surface area (Å²) in [6, 6.07) is 3.02. The Morgan fingerprint density at radius 1 is 1.44 bits per heavy atom. The van der Waals surface area contributed by atoms with Gasteiger partial charge in [0.1, 0.15) is 0 Å². The van der Waals surface area contributed by atoms with Gasteiger partial charge in [-0.05, 0) is 12.1 Å². The van der Waals surface area contributed by atoms with Gasteiger partial charge in [0, 0.05) is 19.4 Å². The molecule has 0 saturated carbocycles. The summed E-state index contributed by atoms with van der Waals surface area (Å²) < 4.78 is 1.48. The van der Waals surface area contributed by atoms with E-state index >= 15 is 0 Å². The van der Waals surface area contributed by atoms with E-state index in [4.69, 9.17) is 5.11 Å². The fourth-order valence-electron chi connectivity index (χ4n) is 1.41. The first kappa shape index (κ1) is 11.8. The van der Waals surface area contributed by atoms with Crippen molar-refractivity contribution in [2.24, 2.45) is 7.05 Å². The highest BCUT2D eigenvalue weighted by atomic mass is 16.4. The molecule has 0 spiro atoms. The van der Waals surface area contributed by atoms with E-state index in [-0.39, 0.29) is 11.4 Å². The molecule has 2 rings (SSSR count). The average molecular weight is 246 g/mol. The van der Waals surface area contributed by atoms with Crippen molar-refractivity contribution in [3.05, 3.63) is 42.0 Å². The van der Waals surface area contributed by atoms with Crippen molar-refractivity contribution >= 4 is 17.6 Å². The van der Waals surface area contributed by atoms with Crippen LogP contribution in [0.1, 0.15) is 20.8 Å². The van der Waals surface area contributed by atoms with Gasteiger partial charge in [0.2, 0.25) is 0 Å². The lowest BCUT2D eigenvalue weighted by atomic mass is 10.2. The number of pyridine rings is 1. The number of hydrogen-bond donors (Lipinski definition) is 2. The van der Waals surface area contributed by atoms with Gasteiger partial charge < -0.3 is 10.4 Å². The summed E-state index contributed by atoms with van der Waals surface area (Å²) >= 11 is 0. The molecule has 0 fully saturated rings. The maximum Gasteiger partial charge on any atom is 0.356 e. The number of nitrogens with zero attached hydrogens (tertiary/aromatic N) is 3. The standard InChI is InChI=1S/C11H10N4O3/c1-15-6-7(5-13-15)10(16)14-8-3-2-4-12-9(8)11(17)18/h2-6H,1H3,(H,14,16)(H,17,18). The van der Waals surface area contributed by atoms with Gasteiger partial charge in [-0.15, -0.1) is 0 Å². The van der Waals surface area contributed by atoms with E-state index in [1.165, 1.54) is 29.3 Å². The molecule has 0 aromatic carbocycles. The summed E-state index contributed by atoms with van der Waals surface area (Å²) in [6.45, 7) is 0. The first-order valence-corrected chi connectivity index (χ1v) is 5.06. The molecule has 1 amide bonds. The second-order valence-electron chi connectivity index (χ2n) is 3.56. The van der Waals surface area contributed by atoms with Crippen LogP contribution < -0.4 is 5.32 Å². The minimum absolute atomic E-state index is 0.152. The second kappa shape index (κ2) is 4.66. The average Bonchev–Trinajstić information content (AvgIpc) is 2.76. The lowest BCUT2D eigenvalue weighted by Gasteiger charge is -2.05. The van der Waals surface area contributed by atoms with Gasteiger partial charge >= 0.3 is 5.97 Å². The number of nitrogens with one attached hydrogen (secondary N) is 1. The Labute approximate surface area is 102 Å². The van der Waals surface area contributed by atoms with Crippen LogP contribution in [0, 0.1) is 0 Å². The third-order valence-electron chi connectivity index (χ3n) is 2.23. The van der Waals surface area contributed by atoms with Gasteiger partial charge in [0.25, 0.3) is 5.91 Å². The van der Waals surface area contributed by atoms with E-state index < -0.39 is 11.9 Å². The van der Waals surface area contributed by atoms with Crippen molar-refractivity contribution in [1.29, 1.82) is 0 Å². The summed E-state index contributed by atoms with van der Waals surface area (Å²) in [6.07, 6.45) is 4.28. The van der Waals surface area contributed by atoms with Crippen molar-refractivity contribution in [2.75, 3.05) is 5.32 Å². The molecule has 2 aromatic heterocycles. The summed E-state index contributed by atoms with van der Waals surface area (Å²) in [7, 11) is 1.68. The normalized spacial score (nSPS) is 10.1. The molecule has 0 aliphatic carbocycles. The number of carboxylic acids is 1. The largest absolute Gasteiger partial charge is 0.476 e. The Kier molecular flexibility index (Phi) is 3.05. The molecule has 7 nitrogen and oxygen atoms in total. The molecule has 0 bridgehead atoms. The SMILES string of the molecule is Cn1cc(C(=O)Nc2cccnc2C(=O)O)cn1. The van der Waals surface area contributed by atoms with Crippen LogP contribution in [-0.2, 0) is 7.05 Å². The van der Waals surface area contributed by atoms with Gasteiger partial charge in [-0.2, -0.15) is 5.10 Å². The Morgan fingerprint density at radius 3 is 2.83 bits per heavy atom. The zero-order valence-electron chi connectivity index (χ0n) is 9.49. The Hall–Kier alpha value is -2.70. The van der Waals surface area contributed by atoms with Gasteiger partial charge in [-0.3, -0.25) is 9.48 Å². The number of rotatable bonds is 3. The number of aryl methyl sites for hydroxylation is 1. The second-order valence-corrected chi connectivity index (χ2v) is 3.56. The number of aromatic nitrogens is 3. The Balaban J connectivity index is 2.24. The topological polar surface area (TPSA) is 97.1 Å². The van der Waals surface area contributed by atoms with Crippen molar-refractivity contribution in [1.82, 2.24) is 14.8 Å². The van der Waals surface area contributed by atoms with Crippen LogP contribution in [0.4, 0.5) is 5.69 Å². The molecular weight excluding hydrogens is 236 g/mol. The maximum atomic E-state index is 11.8. The van der Waals surface area contributed by atoms with Crippen molar-refractivity contribution in [2.45, 2.75) is 0 Å². The zero-order chi connectivity index (χ0) is 13.1. The predicted octanol–water partition coefficient (Wildman–Crippen LogP) is 0.766. The number of carboxylic acid groups (broad SMARTS) is 1. The lowest BCUT2D eigenvalue weighted by Crippen LogP contribution is -2.15. The zero-order valence-corrected chi connectivity index (χ0v) is 9.49. The van der Waals surface area contributed by atoms with E-state index in [2.05, 4.69) is 15.4 Å². The molecule has 0 atom stereocenters. The van der Waals surface area contributed by atoms with E-state index in [1.54, 1.807) is 13.1 Å². The van der Waals surface area contributed by atoms with Crippen LogP contribution in [0.3, 0.4) is 0 Å². The van der Waals surface area contributed by atoms with E-state index in [0.29, 0.717) is 5.56 Å². The van der Waals surface area contributed by atoms with Crippen LogP contribution in [0.15, 0.2) is 30.7 Å². The van der Waals surface area contributed by atoms with Crippen LogP contribution >= 0.6 is 0 Å². The van der Waals surface area contributed by atoms with Crippen LogP contribution in [0.25, 0.3) is 0 Å². The minimum atomic E-state index is -1.20. The molecule has 0 saturated heterocycles. The van der Waals surface area contributed by atoms with Gasteiger partial charge in [0.15, 0.2) is 5.69 Å². The lowest BCUT2D eigenvalue weighted by molar-refractivity contribution is 0.0692. The highest BCUT2D eigenvalue weighted by Crippen LogP contribution is 2.13. The van der Waals surface area contributed by atoms with Crippen molar-refractivity contribution in [3.8, 4) is 0 Å². The molecular formula is C11H10N4O3. The first-order chi connectivity index (χ1) is 8.58. The highest BCUT2D eigenvalue weighted by molar-refractivity contribution is 6.06. The van der Waals surface area contributed by atoms with E-state index in [0.717, 1.165) is 0 Å². The molecule has 0 unspecified atom stereocenters.